The highest BCUT2D eigenvalue weighted by Crippen LogP contribution is 2.24. The van der Waals surface area contributed by atoms with Crippen LogP contribution in [-0.2, 0) is 14.3 Å². The molecule has 5 nitrogen and oxygen atoms in total. The predicted octanol–water partition coefficient (Wildman–Crippen LogP) is -0.244. The second-order valence-corrected chi connectivity index (χ2v) is 3.26. The molecule has 1 heterocycles. The fourth-order valence-corrected chi connectivity index (χ4v) is 1.30. The van der Waals surface area contributed by atoms with E-state index in [1.807, 2.05) is 0 Å². The highest BCUT2D eigenvalue weighted by molar-refractivity contribution is 5.87. The van der Waals surface area contributed by atoms with Crippen LogP contribution in [0.15, 0.2) is 0 Å². The first-order valence-electron chi connectivity index (χ1n) is 4.19. The summed E-state index contributed by atoms with van der Waals surface area (Å²) in [6.07, 6.45) is 1.50. The number of rotatable bonds is 3. The maximum Gasteiger partial charge on any atom is 0.322 e. The van der Waals surface area contributed by atoms with E-state index in [9.17, 15) is 9.59 Å². The number of nitrogens with one attached hydrogen (secondary N) is 1. The molecule has 2 N–H and O–H groups in total. The fraction of sp³-hybridized carbons (Fsp3) is 0.750. The summed E-state index contributed by atoms with van der Waals surface area (Å²) < 4.78 is 5.23. The normalized spacial score (nSPS) is 27.2. The van der Waals surface area contributed by atoms with Gasteiger partial charge in [0.25, 0.3) is 5.91 Å². The van der Waals surface area contributed by atoms with E-state index in [2.05, 4.69) is 5.32 Å². The number of carbonyl (C=O) groups is 2. The van der Waals surface area contributed by atoms with Gasteiger partial charge >= 0.3 is 5.97 Å². The number of ether oxygens (including phenoxy) is 1. The Bertz CT molecular complexity index is 220. The number of carboxylic acid groups (broad SMARTS) is 1. The van der Waals surface area contributed by atoms with Crippen molar-refractivity contribution in [2.45, 2.75) is 25.4 Å². The van der Waals surface area contributed by atoms with Gasteiger partial charge in [0.1, 0.15) is 12.1 Å². The Kier molecular flexibility index (Phi) is 2.87. The van der Waals surface area contributed by atoms with Gasteiger partial charge in [-0.25, -0.2) is 0 Å². The van der Waals surface area contributed by atoms with Crippen LogP contribution >= 0.6 is 0 Å². The molecule has 1 aliphatic heterocycles. The maximum absolute atomic E-state index is 11.4. The molecule has 1 unspecified atom stereocenters. The number of carbonyl (C=O) groups excluding carboxylic acids is 1. The molecule has 0 spiro atoms. The van der Waals surface area contributed by atoms with Crippen LogP contribution in [0.1, 0.15) is 19.8 Å². The molecule has 0 aromatic rings. The van der Waals surface area contributed by atoms with Crippen LogP contribution in [0.2, 0.25) is 0 Å². The van der Waals surface area contributed by atoms with Gasteiger partial charge in [-0.3, -0.25) is 9.59 Å². The van der Waals surface area contributed by atoms with Crippen molar-refractivity contribution in [3.8, 4) is 0 Å². The maximum atomic E-state index is 11.4. The van der Waals surface area contributed by atoms with Crippen LogP contribution in [0.3, 0.4) is 0 Å². The van der Waals surface area contributed by atoms with Crippen molar-refractivity contribution < 1.29 is 19.4 Å². The van der Waals surface area contributed by atoms with Crippen LogP contribution < -0.4 is 5.32 Å². The highest BCUT2D eigenvalue weighted by Gasteiger charge is 2.37. The lowest BCUT2D eigenvalue weighted by atomic mass is 10.0. The van der Waals surface area contributed by atoms with Crippen LogP contribution in [-0.4, -0.2) is 35.7 Å². The summed E-state index contributed by atoms with van der Waals surface area (Å²) in [4.78, 5) is 21.5. The fourth-order valence-electron chi connectivity index (χ4n) is 1.30. The lowest BCUT2D eigenvalue weighted by Crippen LogP contribution is -2.45. The van der Waals surface area contributed by atoms with E-state index in [4.69, 9.17) is 9.84 Å². The third kappa shape index (κ3) is 2.42. The van der Waals surface area contributed by atoms with E-state index in [-0.39, 0.29) is 12.5 Å². The van der Waals surface area contributed by atoms with Gasteiger partial charge in [0, 0.05) is 6.61 Å². The number of hydrogen-bond acceptors (Lipinski definition) is 3. The van der Waals surface area contributed by atoms with Crippen molar-refractivity contribution in [1.82, 2.24) is 5.32 Å². The minimum Gasteiger partial charge on any atom is -0.480 e. The topological polar surface area (TPSA) is 75.6 Å². The van der Waals surface area contributed by atoms with Crippen molar-refractivity contribution in [3.05, 3.63) is 0 Å². The van der Waals surface area contributed by atoms with Crippen LogP contribution in [0, 0.1) is 0 Å². The Balaban J connectivity index is 2.42. The van der Waals surface area contributed by atoms with Gasteiger partial charge < -0.3 is 15.2 Å². The van der Waals surface area contributed by atoms with Gasteiger partial charge in [-0.1, -0.05) is 0 Å². The Hall–Kier alpha value is -1.10. The summed E-state index contributed by atoms with van der Waals surface area (Å²) in [5.41, 5.74) is -0.824. The van der Waals surface area contributed by atoms with Gasteiger partial charge in [-0.2, -0.15) is 0 Å². The molecule has 0 aromatic heterocycles. The van der Waals surface area contributed by atoms with E-state index in [1.165, 1.54) is 0 Å². The first kappa shape index (κ1) is 9.98. The van der Waals surface area contributed by atoms with Gasteiger partial charge in [0.05, 0.1) is 0 Å². The average molecular weight is 187 g/mol. The molecule has 0 saturated carbocycles. The molecule has 0 aromatic carbocycles. The van der Waals surface area contributed by atoms with Gasteiger partial charge in [-0.05, 0) is 19.8 Å². The molecule has 1 atom stereocenters. The SMILES string of the molecule is CC1(C(=O)NCC(=O)O)CCCO1. The van der Waals surface area contributed by atoms with Crippen molar-refractivity contribution in [3.63, 3.8) is 0 Å². The largest absolute Gasteiger partial charge is 0.480 e. The van der Waals surface area contributed by atoms with E-state index in [0.717, 1.165) is 6.42 Å². The van der Waals surface area contributed by atoms with Crippen molar-refractivity contribution in [1.29, 1.82) is 0 Å². The lowest BCUT2D eigenvalue weighted by molar-refractivity contribution is -0.144. The first-order chi connectivity index (χ1) is 6.04. The molecule has 0 bridgehead atoms. The molecule has 1 amide bonds. The monoisotopic (exact) mass is 187 g/mol. The summed E-state index contributed by atoms with van der Waals surface area (Å²) in [6.45, 7) is 1.89. The van der Waals surface area contributed by atoms with Gasteiger partial charge in [-0.15, -0.1) is 0 Å². The van der Waals surface area contributed by atoms with Gasteiger partial charge in [0.15, 0.2) is 0 Å². The van der Waals surface area contributed by atoms with Crippen LogP contribution in [0.4, 0.5) is 0 Å². The predicted molar refractivity (Wildman–Crippen MR) is 44.2 cm³/mol. The summed E-state index contributed by atoms with van der Waals surface area (Å²) in [6, 6.07) is 0. The third-order valence-corrected chi connectivity index (χ3v) is 2.10. The Morgan fingerprint density at radius 1 is 1.62 bits per heavy atom. The zero-order chi connectivity index (χ0) is 9.90. The van der Waals surface area contributed by atoms with Crippen molar-refractivity contribution >= 4 is 11.9 Å². The summed E-state index contributed by atoms with van der Waals surface area (Å²) in [5, 5.41) is 10.6. The van der Waals surface area contributed by atoms with Crippen LogP contribution in [0.5, 0.6) is 0 Å². The van der Waals surface area contributed by atoms with Gasteiger partial charge in [0.2, 0.25) is 0 Å². The first-order valence-corrected chi connectivity index (χ1v) is 4.19. The molecule has 1 fully saturated rings. The van der Waals surface area contributed by atoms with E-state index in [0.29, 0.717) is 13.0 Å². The standard InChI is InChI=1S/C8H13NO4/c1-8(3-2-4-13-8)7(12)9-5-6(10)11/h2-5H2,1H3,(H,9,12)(H,10,11). The Morgan fingerprint density at radius 3 is 2.77 bits per heavy atom. The van der Waals surface area contributed by atoms with E-state index < -0.39 is 11.6 Å². The van der Waals surface area contributed by atoms with Crippen LogP contribution in [0.25, 0.3) is 0 Å². The molecule has 1 rings (SSSR count). The quantitative estimate of drug-likeness (QED) is 0.639. The molecule has 1 aliphatic rings. The zero-order valence-electron chi connectivity index (χ0n) is 7.50. The molecular formula is C8H13NO4. The minimum absolute atomic E-state index is 0.340. The third-order valence-electron chi connectivity index (χ3n) is 2.10. The van der Waals surface area contributed by atoms with E-state index >= 15 is 0 Å². The number of aliphatic carboxylic acids is 1. The highest BCUT2D eigenvalue weighted by atomic mass is 16.5. The van der Waals surface area contributed by atoms with Crippen molar-refractivity contribution in [2.24, 2.45) is 0 Å². The Labute approximate surface area is 76.1 Å². The molecule has 74 valence electrons. The number of carboxylic acids is 1. The second-order valence-electron chi connectivity index (χ2n) is 3.26. The molecule has 0 aliphatic carbocycles. The lowest BCUT2D eigenvalue weighted by Gasteiger charge is -2.21. The smallest absolute Gasteiger partial charge is 0.322 e. The molecule has 1 saturated heterocycles. The Morgan fingerprint density at radius 2 is 2.31 bits per heavy atom. The van der Waals surface area contributed by atoms with Crippen molar-refractivity contribution in [2.75, 3.05) is 13.2 Å². The zero-order valence-corrected chi connectivity index (χ0v) is 7.50. The summed E-state index contributed by atoms with van der Waals surface area (Å²) >= 11 is 0. The molecule has 5 heteroatoms. The molecular weight excluding hydrogens is 174 g/mol. The number of amides is 1. The molecule has 13 heavy (non-hydrogen) atoms. The summed E-state index contributed by atoms with van der Waals surface area (Å²) in [7, 11) is 0. The summed E-state index contributed by atoms with van der Waals surface area (Å²) in [5.74, 6) is -1.39. The average Bonchev–Trinajstić information content (AvgIpc) is 2.49. The van der Waals surface area contributed by atoms with E-state index in [1.54, 1.807) is 6.92 Å². The minimum atomic E-state index is -1.05. The molecule has 0 radical (unpaired) electrons. The second kappa shape index (κ2) is 3.74. The number of hydrogen-bond donors (Lipinski definition) is 2.